The zero-order valence-electron chi connectivity index (χ0n) is 12.4. The summed E-state index contributed by atoms with van der Waals surface area (Å²) in [5.74, 6) is 0.226. The lowest BCUT2D eigenvalue weighted by atomic mass is 10.0. The van der Waals surface area contributed by atoms with Gasteiger partial charge in [0.05, 0.1) is 12.2 Å². The highest BCUT2D eigenvalue weighted by molar-refractivity contribution is 5.89. The van der Waals surface area contributed by atoms with E-state index in [0.29, 0.717) is 23.2 Å². The van der Waals surface area contributed by atoms with Gasteiger partial charge in [-0.2, -0.15) is 0 Å². The minimum Gasteiger partial charge on any atom is -0.507 e. The van der Waals surface area contributed by atoms with Crippen LogP contribution in [0, 0.1) is 0 Å². The molecule has 3 rings (SSSR count). The number of para-hydroxylation sites is 2. The number of hydrogen-bond donors (Lipinski definition) is 2. The molecule has 4 nitrogen and oxygen atoms in total. The molecule has 0 unspecified atom stereocenters. The van der Waals surface area contributed by atoms with Gasteiger partial charge in [-0.3, -0.25) is 9.98 Å². The van der Waals surface area contributed by atoms with E-state index in [1.165, 1.54) is 0 Å². The Balaban J connectivity index is 1.87. The van der Waals surface area contributed by atoms with Gasteiger partial charge in [-0.05, 0) is 24.3 Å². The van der Waals surface area contributed by atoms with Gasteiger partial charge >= 0.3 is 0 Å². The lowest BCUT2D eigenvalue weighted by Gasteiger charge is -2.08. The molecule has 0 saturated heterocycles. The van der Waals surface area contributed by atoms with E-state index in [-0.39, 0.29) is 11.5 Å². The van der Waals surface area contributed by atoms with Crippen molar-refractivity contribution in [3.63, 3.8) is 0 Å². The standard InChI is InChI=1S/C19H16N2O2/c22-18-10-2-1-8-16(18)17-9-5-6-14(19(17)23)12-20-13-15-7-3-4-11-21-15/h1-12,22-23H,13H2. The van der Waals surface area contributed by atoms with Crippen LogP contribution >= 0.6 is 0 Å². The van der Waals surface area contributed by atoms with Crippen molar-refractivity contribution in [3.05, 3.63) is 78.1 Å². The topological polar surface area (TPSA) is 65.7 Å². The van der Waals surface area contributed by atoms with Crippen LogP contribution in [0.2, 0.25) is 0 Å². The molecule has 0 aliphatic heterocycles. The summed E-state index contributed by atoms with van der Waals surface area (Å²) in [6, 6.07) is 17.9. The molecule has 0 aliphatic carbocycles. The van der Waals surface area contributed by atoms with Crippen molar-refractivity contribution in [1.82, 2.24) is 4.98 Å². The molecule has 1 heterocycles. The predicted octanol–water partition coefficient (Wildman–Crippen LogP) is 3.78. The molecule has 3 aromatic rings. The van der Waals surface area contributed by atoms with Crippen molar-refractivity contribution in [3.8, 4) is 22.6 Å². The zero-order valence-corrected chi connectivity index (χ0v) is 12.4. The molecule has 0 spiro atoms. The van der Waals surface area contributed by atoms with Gasteiger partial charge < -0.3 is 10.2 Å². The van der Waals surface area contributed by atoms with Gasteiger partial charge in [0.25, 0.3) is 0 Å². The van der Waals surface area contributed by atoms with Crippen LogP contribution in [0.5, 0.6) is 11.5 Å². The monoisotopic (exact) mass is 304 g/mol. The first-order valence-corrected chi connectivity index (χ1v) is 7.26. The minimum absolute atomic E-state index is 0.0961. The van der Waals surface area contributed by atoms with E-state index >= 15 is 0 Å². The largest absolute Gasteiger partial charge is 0.507 e. The maximum Gasteiger partial charge on any atom is 0.132 e. The van der Waals surface area contributed by atoms with Gasteiger partial charge in [0.1, 0.15) is 11.5 Å². The van der Waals surface area contributed by atoms with Crippen LogP contribution in [-0.4, -0.2) is 21.4 Å². The van der Waals surface area contributed by atoms with E-state index in [0.717, 1.165) is 5.69 Å². The fourth-order valence-corrected chi connectivity index (χ4v) is 2.31. The van der Waals surface area contributed by atoms with Crippen molar-refractivity contribution in [1.29, 1.82) is 0 Å². The highest BCUT2D eigenvalue weighted by atomic mass is 16.3. The quantitative estimate of drug-likeness (QED) is 0.721. The molecule has 0 bridgehead atoms. The number of aromatic nitrogens is 1. The van der Waals surface area contributed by atoms with Crippen molar-refractivity contribution in [2.24, 2.45) is 4.99 Å². The number of phenols is 2. The van der Waals surface area contributed by atoms with Gasteiger partial charge in [-0.25, -0.2) is 0 Å². The van der Waals surface area contributed by atoms with E-state index in [4.69, 9.17) is 0 Å². The van der Waals surface area contributed by atoms with Crippen LogP contribution in [0.15, 0.2) is 71.9 Å². The maximum absolute atomic E-state index is 10.4. The Morgan fingerprint density at radius 3 is 2.43 bits per heavy atom. The van der Waals surface area contributed by atoms with Gasteiger partial charge in [0.15, 0.2) is 0 Å². The Morgan fingerprint density at radius 1 is 0.870 bits per heavy atom. The molecule has 0 fully saturated rings. The van der Waals surface area contributed by atoms with Crippen LogP contribution < -0.4 is 0 Å². The second kappa shape index (κ2) is 6.75. The van der Waals surface area contributed by atoms with Gasteiger partial charge in [0.2, 0.25) is 0 Å². The normalized spacial score (nSPS) is 11.0. The molecule has 0 saturated carbocycles. The van der Waals surface area contributed by atoms with Crippen LogP contribution in [-0.2, 0) is 6.54 Å². The molecule has 0 radical (unpaired) electrons. The Kier molecular flexibility index (Phi) is 4.34. The number of pyridine rings is 1. The minimum atomic E-state index is 0.0961. The summed E-state index contributed by atoms with van der Waals surface area (Å²) in [5.41, 5.74) is 2.62. The highest BCUT2D eigenvalue weighted by Gasteiger charge is 2.10. The van der Waals surface area contributed by atoms with E-state index in [1.54, 1.807) is 42.7 Å². The number of hydrogen-bond acceptors (Lipinski definition) is 4. The smallest absolute Gasteiger partial charge is 0.132 e. The molecular formula is C19H16N2O2. The summed E-state index contributed by atoms with van der Waals surface area (Å²) < 4.78 is 0. The molecule has 2 N–H and O–H groups in total. The summed E-state index contributed by atoms with van der Waals surface area (Å²) in [6.45, 7) is 0.446. The van der Waals surface area contributed by atoms with E-state index < -0.39 is 0 Å². The lowest BCUT2D eigenvalue weighted by Crippen LogP contribution is -1.89. The molecule has 2 aromatic carbocycles. The van der Waals surface area contributed by atoms with Gasteiger partial charge in [-0.15, -0.1) is 0 Å². The fourth-order valence-electron chi connectivity index (χ4n) is 2.31. The number of aromatic hydroxyl groups is 2. The Morgan fingerprint density at radius 2 is 1.65 bits per heavy atom. The van der Waals surface area contributed by atoms with Crippen molar-refractivity contribution in [2.75, 3.05) is 0 Å². The summed E-state index contributed by atoms with van der Waals surface area (Å²) in [6.07, 6.45) is 3.34. The third-order valence-electron chi connectivity index (χ3n) is 3.47. The molecule has 1 aromatic heterocycles. The number of phenolic OH excluding ortho intramolecular Hbond substituents is 2. The Hall–Kier alpha value is -3.14. The number of aliphatic imine (C=N–C) groups is 1. The molecule has 114 valence electrons. The summed E-state index contributed by atoms with van der Waals surface area (Å²) in [4.78, 5) is 8.52. The number of benzene rings is 2. The first-order valence-electron chi connectivity index (χ1n) is 7.26. The number of nitrogens with zero attached hydrogens (tertiary/aromatic N) is 2. The SMILES string of the molecule is Oc1ccccc1-c1cccc(C=NCc2ccccn2)c1O. The third-order valence-corrected chi connectivity index (χ3v) is 3.47. The lowest BCUT2D eigenvalue weighted by molar-refractivity contribution is 0.468. The van der Waals surface area contributed by atoms with Crippen LogP contribution in [0.1, 0.15) is 11.3 Å². The average molecular weight is 304 g/mol. The maximum atomic E-state index is 10.4. The first kappa shape index (κ1) is 14.8. The molecule has 0 atom stereocenters. The Labute approximate surface area is 134 Å². The second-order valence-electron chi connectivity index (χ2n) is 5.05. The highest BCUT2D eigenvalue weighted by Crippen LogP contribution is 2.36. The van der Waals surface area contributed by atoms with Crippen molar-refractivity contribution in [2.45, 2.75) is 6.54 Å². The van der Waals surface area contributed by atoms with E-state index in [1.807, 2.05) is 30.3 Å². The summed E-state index contributed by atoms with van der Waals surface area (Å²) in [7, 11) is 0. The summed E-state index contributed by atoms with van der Waals surface area (Å²) >= 11 is 0. The molecule has 4 heteroatoms. The van der Waals surface area contributed by atoms with Crippen molar-refractivity contribution < 1.29 is 10.2 Å². The third kappa shape index (κ3) is 3.37. The molecular weight excluding hydrogens is 288 g/mol. The van der Waals surface area contributed by atoms with Crippen LogP contribution in [0.25, 0.3) is 11.1 Å². The van der Waals surface area contributed by atoms with Gasteiger partial charge in [-0.1, -0.05) is 36.4 Å². The van der Waals surface area contributed by atoms with E-state index in [2.05, 4.69) is 9.98 Å². The predicted molar refractivity (Wildman–Crippen MR) is 90.7 cm³/mol. The Bertz CT molecular complexity index is 830. The first-order chi connectivity index (χ1) is 11.3. The van der Waals surface area contributed by atoms with Crippen LogP contribution in [0.3, 0.4) is 0 Å². The molecule has 0 amide bonds. The second-order valence-corrected chi connectivity index (χ2v) is 5.05. The van der Waals surface area contributed by atoms with Crippen molar-refractivity contribution >= 4 is 6.21 Å². The molecule has 23 heavy (non-hydrogen) atoms. The average Bonchev–Trinajstić information content (AvgIpc) is 2.58. The molecule has 0 aliphatic rings. The van der Waals surface area contributed by atoms with E-state index in [9.17, 15) is 10.2 Å². The van der Waals surface area contributed by atoms with Crippen LogP contribution in [0.4, 0.5) is 0 Å². The summed E-state index contributed by atoms with van der Waals surface area (Å²) in [5, 5.41) is 20.4. The zero-order chi connectivity index (χ0) is 16.1. The number of rotatable bonds is 4. The van der Waals surface area contributed by atoms with Gasteiger partial charge in [0, 0.05) is 29.1 Å². The fraction of sp³-hybridized carbons (Fsp3) is 0.0526.